The van der Waals surface area contributed by atoms with Gasteiger partial charge in [0.05, 0.1) is 6.10 Å². The highest BCUT2D eigenvalue weighted by molar-refractivity contribution is 5.85. The van der Waals surface area contributed by atoms with Crippen LogP contribution in [0.4, 0.5) is 0 Å². The summed E-state index contributed by atoms with van der Waals surface area (Å²) < 4.78 is 0. The highest BCUT2D eigenvalue weighted by atomic mass is 35.5. The van der Waals surface area contributed by atoms with Crippen LogP contribution in [0.5, 0.6) is 0 Å². The Balaban J connectivity index is 0.00000144. The first-order valence-corrected chi connectivity index (χ1v) is 4.57. The van der Waals surface area contributed by atoms with Crippen LogP contribution in [0.25, 0.3) is 0 Å². The summed E-state index contributed by atoms with van der Waals surface area (Å²) in [4.78, 5) is 0. The SMILES string of the molecule is CCCCC(O)c1ccccc1.Cl. The molecular formula is C11H17ClO. The fourth-order valence-electron chi connectivity index (χ4n) is 1.24. The summed E-state index contributed by atoms with van der Waals surface area (Å²) in [6.07, 6.45) is 2.84. The van der Waals surface area contributed by atoms with Crippen molar-refractivity contribution in [1.82, 2.24) is 0 Å². The molecule has 0 saturated carbocycles. The van der Waals surface area contributed by atoms with Crippen LogP contribution in [0, 0.1) is 0 Å². The maximum absolute atomic E-state index is 9.65. The maximum Gasteiger partial charge on any atom is 0.0790 e. The Morgan fingerprint density at radius 1 is 1.23 bits per heavy atom. The standard InChI is InChI=1S/C11H16O.ClH/c1-2-3-9-11(12)10-7-5-4-6-8-10;/h4-8,11-12H,2-3,9H2,1H3;1H. The Labute approximate surface area is 86.2 Å². The summed E-state index contributed by atoms with van der Waals surface area (Å²) in [5.74, 6) is 0. The zero-order valence-corrected chi connectivity index (χ0v) is 8.76. The monoisotopic (exact) mass is 200 g/mol. The van der Waals surface area contributed by atoms with E-state index in [0.29, 0.717) is 0 Å². The molecule has 0 aliphatic rings. The van der Waals surface area contributed by atoms with Crippen LogP contribution >= 0.6 is 12.4 Å². The van der Waals surface area contributed by atoms with Gasteiger partial charge in [0.25, 0.3) is 0 Å². The van der Waals surface area contributed by atoms with Crippen LogP contribution in [0.3, 0.4) is 0 Å². The minimum atomic E-state index is -0.272. The minimum Gasteiger partial charge on any atom is -0.388 e. The Kier molecular flexibility index (Phi) is 6.65. The van der Waals surface area contributed by atoms with Gasteiger partial charge in [-0.05, 0) is 12.0 Å². The van der Waals surface area contributed by atoms with E-state index in [9.17, 15) is 5.11 Å². The first-order valence-electron chi connectivity index (χ1n) is 4.57. The maximum atomic E-state index is 9.65. The highest BCUT2D eigenvalue weighted by Crippen LogP contribution is 2.17. The molecule has 0 aliphatic heterocycles. The molecule has 0 aromatic heterocycles. The van der Waals surface area contributed by atoms with Crippen molar-refractivity contribution in [3.63, 3.8) is 0 Å². The number of benzene rings is 1. The van der Waals surface area contributed by atoms with Gasteiger partial charge in [-0.3, -0.25) is 0 Å². The molecule has 0 spiro atoms. The Morgan fingerprint density at radius 2 is 1.85 bits per heavy atom. The number of aliphatic hydroxyl groups is 1. The van der Waals surface area contributed by atoms with E-state index in [1.165, 1.54) is 0 Å². The second-order valence-electron chi connectivity index (χ2n) is 3.07. The van der Waals surface area contributed by atoms with Crippen molar-refractivity contribution >= 4 is 12.4 Å². The summed E-state index contributed by atoms with van der Waals surface area (Å²) in [6, 6.07) is 9.84. The average molecular weight is 201 g/mol. The van der Waals surface area contributed by atoms with E-state index >= 15 is 0 Å². The summed E-state index contributed by atoms with van der Waals surface area (Å²) in [5.41, 5.74) is 1.03. The van der Waals surface area contributed by atoms with Crippen LogP contribution in [0.15, 0.2) is 30.3 Å². The van der Waals surface area contributed by atoms with E-state index in [1.54, 1.807) is 0 Å². The molecule has 1 aromatic carbocycles. The van der Waals surface area contributed by atoms with Crippen LogP contribution in [-0.4, -0.2) is 5.11 Å². The smallest absolute Gasteiger partial charge is 0.0790 e. The van der Waals surface area contributed by atoms with Gasteiger partial charge in [0.15, 0.2) is 0 Å². The van der Waals surface area contributed by atoms with E-state index in [0.717, 1.165) is 24.8 Å². The zero-order chi connectivity index (χ0) is 8.81. The largest absolute Gasteiger partial charge is 0.388 e. The molecule has 0 radical (unpaired) electrons. The minimum absolute atomic E-state index is 0. The Bertz CT molecular complexity index is 211. The predicted molar refractivity (Wildman–Crippen MR) is 58.2 cm³/mol. The van der Waals surface area contributed by atoms with Gasteiger partial charge in [-0.1, -0.05) is 50.1 Å². The fraction of sp³-hybridized carbons (Fsp3) is 0.455. The lowest BCUT2D eigenvalue weighted by Gasteiger charge is -2.09. The molecule has 0 bridgehead atoms. The lowest BCUT2D eigenvalue weighted by atomic mass is 10.0. The third-order valence-electron chi connectivity index (χ3n) is 2.02. The average Bonchev–Trinajstić information content (AvgIpc) is 2.15. The summed E-state index contributed by atoms with van der Waals surface area (Å²) in [5, 5.41) is 9.65. The fourth-order valence-corrected chi connectivity index (χ4v) is 1.24. The van der Waals surface area contributed by atoms with E-state index < -0.39 is 0 Å². The van der Waals surface area contributed by atoms with E-state index in [2.05, 4.69) is 6.92 Å². The van der Waals surface area contributed by atoms with Gasteiger partial charge in [0.1, 0.15) is 0 Å². The van der Waals surface area contributed by atoms with Crippen molar-refractivity contribution in [1.29, 1.82) is 0 Å². The first kappa shape index (κ1) is 12.5. The van der Waals surface area contributed by atoms with Gasteiger partial charge in [-0.25, -0.2) is 0 Å². The molecule has 0 saturated heterocycles. The molecule has 0 heterocycles. The molecule has 1 atom stereocenters. The lowest BCUT2D eigenvalue weighted by molar-refractivity contribution is 0.164. The van der Waals surface area contributed by atoms with Crippen molar-refractivity contribution in [3.8, 4) is 0 Å². The van der Waals surface area contributed by atoms with E-state index in [1.807, 2.05) is 30.3 Å². The van der Waals surface area contributed by atoms with Crippen molar-refractivity contribution in [3.05, 3.63) is 35.9 Å². The van der Waals surface area contributed by atoms with Gasteiger partial charge in [-0.15, -0.1) is 12.4 Å². The van der Waals surface area contributed by atoms with Crippen molar-refractivity contribution in [2.24, 2.45) is 0 Å². The molecule has 2 heteroatoms. The third kappa shape index (κ3) is 4.30. The number of hydrogen-bond donors (Lipinski definition) is 1. The van der Waals surface area contributed by atoms with Crippen LogP contribution < -0.4 is 0 Å². The molecule has 0 fully saturated rings. The van der Waals surface area contributed by atoms with Crippen molar-refractivity contribution in [2.45, 2.75) is 32.3 Å². The topological polar surface area (TPSA) is 20.2 Å². The van der Waals surface area contributed by atoms with Crippen molar-refractivity contribution < 1.29 is 5.11 Å². The Morgan fingerprint density at radius 3 is 2.38 bits per heavy atom. The van der Waals surface area contributed by atoms with Crippen LogP contribution in [0.1, 0.15) is 37.9 Å². The zero-order valence-electron chi connectivity index (χ0n) is 7.94. The normalized spacial score (nSPS) is 11.8. The Hall–Kier alpha value is -0.530. The predicted octanol–water partition coefficient (Wildman–Crippen LogP) is 3.33. The van der Waals surface area contributed by atoms with Gasteiger partial charge >= 0.3 is 0 Å². The number of aliphatic hydroxyl groups excluding tert-OH is 1. The second kappa shape index (κ2) is 6.93. The molecule has 1 unspecified atom stereocenters. The molecule has 0 aliphatic carbocycles. The third-order valence-corrected chi connectivity index (χ3v) is 2.02. The molecule has 74 valence electrons. The lowest BCUT2D eigenvalue weighted by Crippen LogP contribution is -1.95. The molecule has 1 aromatic rings. The summed E-state index contributed by atoms with van der Waals surface area (Å²) in [6.45, 7) is 2.14. The van der Waals surface area contributed by atoms with Gasteiger partial charge < -0.3 is 5.11 Å². The van der Waals surface area contributed by atoms with E-state index in [4.69, 9.17) is 0 Å². The van der Waals surface area contributed by atoms with Gasteiger partial charge in [0, 0.05) is 0 Å². The van der Waals surface area contributed by atoms with Crippen molar-refractivity contribution in [2.75, 3.05) is 0 Å². The molecule has 1 rings (SSSR count). The number of hydrogen-bond acceptors (Lipinski definition) is 1. The van der Waals surface area contributed by atoms with E-state index in [-0.39, 0.29) is 18.5 Å². The summed E-state index contributed by atoms with van der Waals surface area (Å²) in [7, 11) is 0. The van der Waals surface area contributed by atoms with Crippen LogP contribution in [-0.2, 0) is 0 Å². The second-order valence-corrected chi connectivity index (χ2v) is 3.07. The first-order chi connectivity index (χ1) is 5.84. The summed E-state index contributed by atoms with van der Waals surface area (Å²) >= 11 is 0. The molecule has 1 nitrogen and oxygen atoms in total. The number of unbranched alkanes of at least 4 members (excludes halogenated alkanes) is 1. The number of halogens is 1. The van der Waals surface area contributed by atoms with Gasteiger partial charge in [0.2, 0.25) is 0 Å². The molecule has 1 N–H and O–H groups in total. The number of rotatable bonds is 4. The molecular weight excluding hydrogens is 184 g/mol. The van der Waals surface area contributed by atoms with Crippen LogP contribution in [0.2, 0.25) is 0 Å². The molecule has 0 amide bonds. The quantitative estimate of drug-likeness (QED) is 0.791. The molecule has 13 heavy (non-hydrogen) atoms. The van der Waals surface area contributed by atoms with Gasteiger partial charge in [-0.2, -0.15) is 0 Å². The highest BCUT2D eigenvalue weighted by Gasteiger charge is 2.04.